The Morgan fingerprint density at radius 2 is 1.71 bits per heavy atom. The lowest BCUT2D eigenvalue weighted by atomic mass is 9.81. The van der Waals surface area contributed by atoms with Gasteiger partial charge in [0.15, 0.2) is 0 Å². The summed E-state index contributed by atoms with van der Waals surface area (Å²) in [6.45, 7) is 4.88. The number of hydrogen-bond donors (Lipinski definition) is 0. The largest absolute Gasteiger partial charge is 0.340 e. The van der Waals surface area contributed by atoms with E-state index in [1.165, 1.54) is 19.3 Å². The van der Waals surface area contributed by atoms with Crippen LogP contribution in [0, 0.1) is 11.3 Å². The molecule has 1 aliphatic heterocycles. The zero-order chi connectivity index (χ0) is 12.3. The maximum Gasteiger partial charge on any atom is 0.219 e. The summed E-state index contributed by atoms with van der Waals surface area (Å²) in [5.41, 5.74) is -0.235. The van der Waals surface area contributed by atoms with Gasteiger partial charge in [-0.15, -0.1) is 0 Å². The van der Waals surface area contributed by atoms with Crippen LogP contribution in [0.4, 0.5) is 0 Å². The van der Waals surface area contributed by atoms with Gasteiger partial charge in [0.2, 0.25) is 5.91 Å². The summed E-state index contributed by atoms with van der Waals surface area (Å²) >= 11 is 0. The standard InChI is InChI=1S/C13H21N3O/c1-12(17)15-7-9-16(10-8-15)13(11-14)5-3-2-4-6-13/h2-10H2,1H3. The van der Waals surface area contributed by atoms with Crippen molar-refractivity contribution in [2.45, 2.75) is 44.6 Å². The second-order valence-electron chi connectivity index (χ2n) is 5.20. The molecule has 4 heteroatoms. The first-order valence-corrected chi connectivity index (χ1v) is 6.60. The van der Waals surface area contributed by atoms with Crippen LogP contribution in [0.2, 0.25) is 0 Å². The summed E-state index contributed by atoms with van der Waals surface area (Å²) in [7, 11) is 0. The van der Waals surface area contributed by atoms with Crippen LogP contribution in [0.5, 0.6) is 0 Å². The molecular formula is C13H21N3O. The lowest BCUT2D eigenvalue weighted by Gasteiger charge is -2.45. The Balaban J connectivity index is 1.99. The lowest BCUT2D eigenvalue weighted by Crippen LogP contribution is -2.57. The van der Waals surface area contributed by atoms with Gasteiger partial charge < -0.3 is 4.90 Å². The molecule has 0 unspecified atom stereocenters. The zero-order valence-electron chi connectivity index (χ0n) is 10.6. The van der Waals surface area contributed by atoms with E-state index in [0.29, 0.717) is 0 Å². The molecule has 17 heavy (non-hydrogen) atoms. The van der Waals surface area contributed by atoms with Crippen molar-refractivity contribution < 1.29 is 4.79 Å². The molecule has 0 spiro atoms. The minimum absolute atomic E-state index is 0.152. The summed E-state index contributed by atoms with van der Waals surface area (Å²) < 4.78 is 0. The minimum Gasteiger partial charge on any atom is -0.340 e. The Labute approximate surface area is 103 Å². The average Bonchev–Trinajstić information content (AvgIpc) is 2.39. The quantitative estimate of drug-likeness (QED) is 0.690. The van der Waals surface area contributed by atoms with Crippen LogP contribution in [-0.4, -0.2) is 47.4 Å². The molecule has 0 aromatic rings. The summed E-state index contributed by atoms with van der Waals surface area (Å²) in [5, 5.41) is 9.50. The molecule has 0 atom stereocenters. The second kappa shape index (κ2) is 5.05. The predicted molar refractivity (Wildman–Crippen MR) is 65.3 cm³/mol. The summed E-state index contributed by atoms with van der Waals surface area (Å²) in [5.74, 6) is 0.152. The van der Waals surface area contributed by atoms with Crippen molar-refractivity contribution in [3.8, 4) is 6.07 Å². The van der Waals surface area contributed by atoms with Gasteiger partial charge in [-0.05, 0) is 12.8 Å². The van der Waals surface area contributed by atoms with Crippen molar-refractivity contribution in [2.24, 2.45) is 0 Å². The Morgan fingerprint density at radius 3 is 2.18 bits per heavy atom. The highest BCUT2D eigenvalue weighted by atomic mass is 16.2. The fourth-order valence-electron chi connectivity index (χ4n) is 3.08. The van der Waals surface area contributed by atoms with Gasteiger partial charge >= 0.3 is 0 Å². The van der Waals surface area contributed by atoms with Gasteiger partial charge in [-0.25, -0.2) is 0 Å². The monoisotopic (exact) mass is 235 g/mol. The van der Waals surface area contributed by atoms with Gasteiger partial charge in [0, 0.05) is 33.1 Å². The van der Waals surface area contributed by atoms with E-state index in [1.807, 2.05) is 4.90 Å². The first-order chi connectivity index (χ1) is 8.18. The lowest BCUT2D eigenvalue weighted by molar-refractivity contribution is -0.131. The molecule has 1 heterocycles. The van der Waals surface area contributed by atoms with Crippen LogP contribution >= 0.6 is 0 Å². The Kier molecular flexibility index (Phi) is 3.68. The molecule has 1 aliphatic carbocycles. The van der Waals surface area contributed by atoms with Crippen LogP contribution in [0.25, 0.3) is 0 Å². The van der Waals surface area contributed by atoms with Gasteiger partial charge in [-0.1, -0.05) is 19.3 Å². The molecule has 2 aliphatic rings. The van der Waals surface area contributed by atoms with Crippen molar-refractivity contribution in [3.05, 3.63) is 0 Å². The Morgan fingerprint density at radius 1 is 1.12 bits per heavy atom. The number of amides is 1. The summed E-state index contributed by atoms with van der Waals surface area (Å²) in [6.07, 6.45) is 5.60. The highest BCUT2D eigenvalue weighted by Gasteiger charge is 2.39. The molecule has 0 aromatic heterocycles. The number of nitriles is 1. The van der Waals surface area contributed by atoms with Gasteiger partial charge in [-0.2, -0.15) is 5.26 Å². The maximum atomic E-state index is 11.3. The molecule has 0 radical (unpaired) electrons. The van der Waals surface area contributed by atoms with E-state index in [0.717, 1.165) is 39.0 Å². The van der Waals surface area contributed by atoms with E-state index >= 15 is 0 Å². The molecular weight excluding hydrogens is 214 g/mol. The number of carbonyl (C=O) groups excluding carboxylic acids is 1. The van der Waals surface area contributed by atoms with Gasteiger partial charge in [0.25, 0.3) is 0 Å². The van der Waals surface area contributed by atoms with Gasteiger partial charge in [-0.3, -0.25) is 9.69 Å². The van der Waals surface area contributed by atoms with Crippen LogP contribution in [0.15, 0.2) is 0 Å². The van der Waals surface area contributed by atoms with Crippen LogP contribution in [0.1, 0.15) is 39.0 Å². The highest BCUT2D eigenvalue weighted by Crippen LogP contribution is 2.33. The van der Waals surface area contributed by atoms with Gasteiger partial charge in [0.05, 0.1) is 6.07 Å². The molecule has 0 aromatic carbocycles. The summed E-state index contributed by atoms with van der Waals surface area (Å²) in [4.78, 5) is 15.5. The molecule has 2 fully saturated rings. The molecule has 94 valence electrons. The SMILES string of the molecule is CC(=O)N1CCN(C2(C#N)CCCCC2)CC1. The fraction of sp³-hybridized carbons (Fsp3) is 0.846. The third kappa shape index (κ3) is 2.44. The number of nitrogens with zero attached hydrogens (tertiary/aromatic N) is 3. The van der Waals surface area contributed by atoms with Crippen LogP contribution in [-0.2, 0) is 4.79 Å². The molecule has 1 saturated carbocycles. The van der Waals surface area contributed by atoms with E-state index < -0.39 is 0 Å². The van der Waals surface area contributed by atoms with E-state index in [4.69, 9.17) is 0 Å². The Hall–Kier alpha value is -1.08. The highest BCUT2D eigenvalue weighted by molar-refractivity contribution is 5.73. The normalized spacial score (nSPS) is 25.3. The average molecular weight is 235 g/mol. The Bertz CT molecular complexity index is 320. The van der Waals surface area contributed by atoms with Crippen LogP contribution < -0.4 is 0 Å². The van der Waals surface area contributed by atoms with Crippen molar-refractivity contribution in [3.63, 3.8) is 0 Å². The van der Waals surface area contributed by atoms with Crippen molar-refractivity contribution >= 4 is 5.91 Å². The zero-order valence-corrected chi connectivity index (χ0v) is 10.6. The molecule has 2 rings (SSSR count). The molecule has 1 saturated heterocycles. The van der Waals surface area contributed by atoms with Crippen molar-refractivity contribution in [1.29, 1.82) is 5.26 Å². The minimum atomic E-state index is -0.235. The molecule has 0 bridgehead atoms. The molecule has 4 nitrogen and oxygen atoms in total. The summed E-state index contributed by atoms with van der Waals surface area (Å²) in [6, 6.07) is 2.55. The number of hydrogen-bond acceptors (Lipinski definition) is 3. The second-order valence-corrected chi connectivity index (χ2v) is 5.20. The number of carbonyl (C=O) groups is 1. The maximum absolute atomic E-state index is 11.3. The molecule has 1 amide bonds. The number of piperazine rings is 1. The van der Waals surface area contributed by atoms with E-state index in [1.54, 1.807) is 6.92 Å². The number of rotatable bonds is 1. The predicted octanol–water partition coefficient (Wildman–Crippen LogP) is 1.38. The van der Waals surface area contributed by atoms with E-state index in [2.05, 4.69) is 11.0 Å². The third-order valence-corrected chi connectivity index (χ3v) is 4.22. The van der Waals surface area contributed by atoms with Crippen molar-refractivity contribution in [2.75, 3.05) is 26.2 Å². The van der Waals surface area contributed by atoms with Gasteiger partial charge in [0.1, 0.15) is 5.54 Å². The first-order valence-electron chi connectivity index (χ1n) is 6.60. The first kappa shape index (κ1) is 12.4. The topological polar surface area (TPSA) is 47.3 Å². The van der Waals surface area contributed by atoms with E-state index in [-0.39, 0.29) is 11.4 Å². The third-order valence-electron chi connectivity index (χ3n) is 4.22. The smallest absolute Gasteiger partial charge is 0.219 e. The van der Waals surface area contributed by atoms with Crippen molar-refractivity contribution in [1.82, 2.24) is 9.80 Å². The van der Waals surface area contributed by atoms with E-state index in [9.17, 15) is 10.1 Å². The fourth-order valence-corrected chi connectivity index (χ4v) is 3.08. The molecule has 0 N–H and O–H groups in total. The van der Waals surface area contributed by atoms with Crippen LogP contribution in [0.3, 0.4) is 0 Å².